The minimum atomic E-state index is -0.0503. The van der Waals surface area contributed by atoms with Gasteiger partial charge in [0.15, 0.2) is 0 Å². The monoisotopic (exact) mass is 322 g/mol. The zero-order valence-corrected chi connectivity index (χ0v) is 13.1. The molecule has 118 valence electrons. The molecule has 1 amide bonds. The van der Waals surface area contributed by atoms with E-state index in [9.17, 15) is 4.79 Å². The number of methoxy groups -OCH3 is 1. The van der Waals surface area contributed by atoms with E-state index >= 15 is 0 Å². The molecule has 2 N–H and O–H groups in total. The molecule has 3 rings (SSSR count). The van der Waals surface area contributed by atoms with Crippen LogP contribution >= 0.6 is 12.4 Å². The van der Waals surface area contributed by atoms with Gasteiger partial charge in [0, 0.05) is 31.4 Å². The molecule has 1 unspecified atom stereocenters. The van der Waals surface area contributed by atoms with E-state index in [1.54, 1.807) is 19.4 Å². The van der Waals surface area contributed by atoms with Crippen LogP contribution in [0, 0.1) is 0 Å². The van der Waals surface area contributed by atoms with Crippen LogP contribution in [0.15, 0.2) is 36.5 Å². The van der Waals surface area contributed by atoms with E-state index in [-0.39, 0.29) is 24.4 Å². The number of nitrogens with zero attached hydrogens (tertiary/aromatic N) is 2. The minimum absolute atomic E-state index is 0. The van der Waals surface area contributed by atoms with E-state index in [0.717, 1.165) is 17.9 Å². The van der Waals surface area contributed by atoms with Gasteiger partial charge in [0.1, 0.15) is 11.4 Å². The van der Waals surface area contributed by atoms with Crippen molar-refractivity contribution >= 4 is 18.3 Å². The maximum Gasteiger partial charge on any atom is 0.272 e. The van der Waals surface area contributed by atoms with Crippen molar-refractivity contribution in [3.8, 4) is 5.75 Å². The van der Waals surface area contributed by atoms with E-state index in [1.807, 2.05) is 29.2 Å². The first kappa shape index (κ1) is 16.3. The summed E-state index contributed by atoms with van der Waals surface area (Å²) in [5.74, 6) is 0.763. The quantitative estimate of drug-likeness (QED) is 0.901. The molecule has 1 atom stereocenters. The Morgan fingerprint density at radius 3 is 2.91 bits per heavy atom. The first-order valence-corrected chi connectivity index (χ1v) is 6.95. The number of carbonyl (C=O) groups excluding carboxylic acids is 1. The highest BCUT2D eigenvalue weighted by atomic mass is 35.5. The summed E-state index contributed by atoms with van der Waals surface area (Å²) in [5, 5.41) is 9.94. The molecule has 2 aromatic rings. The number of hydrogen-bond acceptors (Lipinski definition) is 4. The summed E-state index contributed by atoms with van der Waals surface area (Å²) in [6, 6.07) is 9.46. The van der Waals surface area contributed by atoms with E-state index < -0.39 is 0 Å². The second-order valence-corrected chi connectivity index (χ2v) is 4.93. The van der Waals surface area contributed by atoms with Gasteiger partial charge in [0.05, 0.1) is 13.2 Å². The zero-order valence-electron chi connectivity index (χ0n) is 12.3. The van der Waals surface area contributed by atoms with Crippen molar-refractivity contribution in [3.63, 3.8) is 0 Å². The molecule has 6 nitrogen and oxygen atoms in total. The number of aromatic amines is 1. The first-order valence-electron chi connectivity index (χ1n) is 6.95. The standard InChI is InChI=1S/C15H18N4O2.ClH/c1-21-14-5-3-2-4-11(14)13-10-16-8-9-19(13)15(20)12-6-7-17-18-12;/h2-7,13,16H,8-10H2,1H3,(H,17,18);1H. The largest absolute Gasteiger partial charge is 0.496 e. The molecule has 1 fully saturated rings. The van der Waals surface area contributed by atoms with Crippen LogP contribution in [0.2, 0.25) is 0 Å². The Hall–Kier alpha value is -2.05. The van der Waals surface area contributed by atoms with Crippen molar-refractivity contribution in [2.24, 2.45) is 0 Å². The van der Waals surface area contributed by atoms with Gasteiger partial charge in [0.2, 0.25) is 0 Å². The number of aromatic nitrogens is 2. The minimum Gasteiger partial charge on any atom is -0.496 e. The Bertz CT molecular complexity index is 618. The molecule has 0 spiro atoms. The number of rotatable bonds is 3. The van der Waals surface area contributed by atoms with Crippen LogP contribution in [0.25, 0.3) is 0 Å². The molecule has 22 heavy (non-hydrogen) atoms. The third-order valence-corrected chi connectivity index (χ3v) is 3.73. The van der Waals surface area contributed by atoms with Crippen LogP contribution in [-0.4, -0.2) is 47.7 Å². The number of ether oxygens (including phenoxy) is 1. The molecule has 1 aromatic heterocycles. The van der Waals surface area contributed by atoms with Gasteiger partial charge in [-0.2, -0.15) is 5.10 Å². The van der Waals surface area contributed by atoms with Gasteiger partial charge in [-0.25, -0.2) is 0 Å². The number of carbonyl (C=O) groups is 1. The lowest BCUT2D eigenvalue weighted by atomic mass is 10.0. The van der Waals surface area contributed by atoms with Gasteiger partial charge in [-0.05, 0) is 12.1 Å². The molecule has 2 heterocycles. The summed E-state index contributed by atoms with van der Waals surface area (Å²) < 4.78 is 5.43. The molecule has 7 heteroatoms. The van der Waals surface area contributed by atoms with Crippen molar-refractivity contribution in [3.05, 3.63) is 47.8 Å². The Balaban J connectivity index is 0.00000176. The Morgan fingerprint density at radius 2 is 2.18 bits per heavy atom. The fraction of sp³-hybridized carbons (Fsp3) is 0.333. The Labute approximate surface area is 135 Å². The molecular formula is C15H19ClN4O2. The lowest BCUT2D eigenvalue weighted by molar-refractivity contribution is 0.0625. The van der Waals surface area contributed by atoms with Crippen LogP contribution in [0.4, 0.5) is 0 Å². The molecule has 1 aliphatic rings. The van der Waals surface area contributed by atoms with Crippen molar-refractivity contribution in [2.45, 2.75) is 6.04 Å². The van der Waals surface area contributed by atoms with Crippen LogP contribution in [0.3, 0.4) is 0 Å². The highest BCUT2D eigenvalue weighted by Gasteiger charge is 2.30. The summed E-state index contributed by atoms with van der Waals surface area (Å²) in [5.41, 5.74) is 1.52. The third-order valence-electron chi connectivity index (χ3n) is 3.73. The van der Waals surface area contributed by atoms with Crippen molar-refractivity contribution in [1.29, 1.82) is 0 Å². The first-order chi connectivity index (χ1) is 10.3. The van der Waals surface area contributed by atoms with Crippen molar-refractivity contribution < 1.29 is 9.53 Å². The fourth-order valence-electron chi connectivity index (χ4n) is 2.70. The molecule has 0 bridgehead atoms. The molecular weight excluding hydrogens is 304 g/mol. The van der Waals surface area contributed by atoms with Crippen molar-refractivity contribution in [2.75, 3.05) is 26.7 Å². The second kappa shape index (κ2) is 7.29. The number of halogens is 1. The van der Waals surface area contributed by atoms with Crippen LogP contribution in [0.1, 0.15) is 22.1 Å². The SMILES string of the molecule is COc1ccccc1C1CNCCN1C(=O)c1ccn[nH]1.Cl. The number of amides is 1. The van der Waals surface area contributed by atoms with Crippen LogP contribution < -0.4 is 10.1 Å². The number of para-hydroxylation sites is 1. The highest BCUT2D eigenvalue weighted by molar-refractivity contribution is 5.92. The van der Waals surface area contributed by atoms with E-state index in [1.165, 1.54) is 0 Å². The summed E-state index contributed by atoms with van der Waals surface area (Å²) in [4.78, 5) is 14.5. The van der Waals surface area contributed by atoms with Crippen LogP contribution in [-0.2, 0) is 0 Å². The highest BCUT2D eigenvalue weighted by Crippen LogP contribution is 2.30. The Morgan fingerprint density at radius 1 is 1.36 bits per heavy atom. The average molecular weight is 323 g/mol. The van der Waals surface area contributed by atoms with E-state index in [2.05, 4.69) is 15.5 Å². The van der Waals surface area contributed by atoms with Gasteiger partial charge >= 0.3 is 0 Å². The molecule has 0 saturated carbocycles. The van der Waals surface area contributed by atoms with Gasteiger partial charge < -0.3 is 15.0 Å². The average Bonchev–Trinajstić information content (AvgIpc) is 3.08. The molecule has 1 saturated heterocycles. The van der Waals surface area contributed by atoms with E-state index in [4.69, 9.17) is 4.74 Å². The number of H-pyrrole nitrogens is 1. The normalized spacial score (nSPS) is 17.7. The molecule has 0 radical (unpaired) electrons. The summed E-state index contributed by atoms with van der Waals surface area (Å²) >= 11 is 0. The number of piperazine rings is 1. The van der Waals surface area contributed by atoms with Gasteiger partial charge in [-0.15, -0.1) is 12.4 Å². The topological polar surface area (TPSA) is 70.2 Å². The lowest BCUT2D eigenvalue weighted by Gasteiger charge is -2.36. The third kappa shape index (κ3) is 3.08. The van der Waals surface area contributed by atoms with E-state index in [0.29, 0.717) is 18.8 Å². The molecule has 1 aliphatic heterocycles. The number of hydrogen-bond donors (Lipinski definition) is 2. The maximum absolute atomic E-state index is 12.6. The van der Waals surface area contributed by atoms with Gasteiger partial charge in [-0.3, -0.25) is 9.89 Å². The smallest absolute Gasteiger partial charge is 0.272 e. The second-order valence-electron chi connectivity index (χ2n) is 4.93. The summed E-state index contributed by atoms with van der Waals surface area (Å²) in [6.07, 6.45) is 1.59. The zero-order chi connectivity index (χ0) is 14.7. The number of nitrogens with one attached hydrogen (secondary N) is 2. The van der Waals surface area contributed by atoms with Crippen LogP contribution in [0.5, 0.6) is 5.75 Å². The number of benzene rings is 1. The Kier molecular flexibility index (Phi) is 5.41. The molecule has 1 aromatic carbocycles. The van der Waals surface area contributed by atoms with Gasteiger partial charge in [0.25, 0.3) is 5.91 Å². The predicted molar refractivity (Wildman–Crippen MR) is 85.5 cm³/mol. The van der Waals surface area contributed by atoms with Crippen molar-refractivity contribution in [1.82, 2.24) is 20.4 Å². The maximum atomic E-state index is 12.6. The lowest BCUT2D eigenvalue weighted by Crippen LogP contribution is -2.48. The fourth-order valence-corrected chi connectivity index (χ4v) is 2.70. The summed E-state index contributed by atoms with van der Waals surface area (Å²) in [7, 11) is 1.65. The summed E-state index contributed by atoms with van der Waals surface area (Å²) in [6.45, 7) is 2.15. The predicted octanol–water partition coefficient (Wildman–Crippen LogP) is 1.63. The van der Waals surface area contributed by atoms with Gasteiger partial charge in [-0.1, -0.05) is 18.2 Å². The molecule has 0 aliphatic carbocycles.